The van der Waals surface area contributed by atoms with Gasteiger partial charge in [0, 0.05) is 11.4 Å². The predicted octanol–water partition coefficient (Wildman–Crippen LogP) is 33.5. The molecule has 0 aliphatic heterocycles. The average Bonchev–Trinajstić information content (AvgIpc) is 0.801. The zero-order valence-corrected chi connectivity index (χ0v) is 77.6. The molecule has 116 heavy (non-hydrogen) atoms. The molecule has 10 nitrogen and oxygen atoms in total. The Balaban J connectivity index is 0.0000140. The number of rotatable bonds is 80. The Labute approximate surface area is 724 Å². The van der Waals surface area contributed by atoms with Gasteiger partial charge < -0.3 is 37.9 Å². The second kappa shape index (κ2) is 74.1. The van der Waals surface area contributed by atoms with Crippen molar-refractivity contribution in [3.05, 3.63) is 95.8 Å². The van der Waals surface area contributed by atoms with Crippen LogP contribution < -0.4 is 37.9 Å². The number of benzene rings is 3. The molecule has 0 amide bonds. The summed E-state index contributed by atoms with van der Waals surface area (Å²) in [6.45, 7) is 17.6. The van der Waals surface area contributed by atoms with Gasteiger partial charge in [0.05, 0.1) is 63.7 Å². The predicted molar refractivity (Wildman–Crippen MR) is 483 cm³/mol. The standard InChI is InChI=1S/C102H165F2N2O8.ClH.Pt/c1-7-13-19-25-31-37-43-49-55-61-71-107-97-77-87(78-98(108-72-62-56-50-44-38-32-26-20-14-8-2)101(97)111-75-65-59-53-47-41-35-29-23-17-11-5)85-113-89-67-69-95(105-83-89)91-81-92(94(104)82-93(91)103)96-70-68-90(84-106-96)114-86-88-79-99(109-73-63-57-51-45-39-33-27-21-15-9-3)102(112-76-66-60-54-48-42-36-30-24-18-12-6)100(80-88)110-74-64-58-52-46-40-34-28-22-16-10-4;;/h67-70,77-80,82-84H,7-66,71-76,85-86H2,1-6H3;1H;/q-1;;+2/p-1. The minimum atomic E-state index is -0.780. The molecule has 0 atom stereocenters. The third-order valence-electron chi connectivity index (χ3n) is 22.4. The number of ether oxygens (including phenoxy) is 8. The number of unbranched alkanes of at least 4 members (excludes halogenated alkanes) is 54. The molecule has 0 bridgehead atoms. The Hall–Kier alpha value is -4.80. The van der Waals surface area contributed by atoms with Crippen molar-refractivity contribution in [3.8, 4) is 68.5 Å². The molecule has 0 aliphatic rings. The van der Waals surface area contributed by atoms with Gasteiger partial charge in [-0.2, -0.15) is 0 Å². The van der Waals surface area contributed by atoms with E-state index in [1.807, 2.05) is 24.3 Å². The molecule has 14 heteroatoms. The maximum atomic E-state index is 16.0. The van der Waals surface area contributed by atoms with Crippen molar-refractivity contribution in [2.45, 2.75) is 440 Å². The van der Waals surface area contributed by atoms with Gasteiger partial charge in [0.15, 0.2) is 23.0 Å². The van der Waals surface area contributed by atoms with E-state index in [-0.39, 0.29) is 35.7 Å². The van der Waals surface area contributed by atoms with E-state index < -0.39 is 11.6 Å². The number of halogens is 3. The number of pyridine rings is 2. The van der Waals surface area contributed by atoms with Crippen LogP contribution in [-0.2, 0) is 32.0 Å². The quantitative estimate of drug-likeness (QED) is 0.0276. The fourth-order valence-electron chi connectivity index (χ4n) is 15.2. The Morgan fingerprint density at radius 3 is 0.655 bits per heavy atom. The van der Waals surface area contributed by atoms with Crippen LogP contribution in [0.2, 0.25) is 0 Å². The van der Waals surface area contributed by atoms with E-state index in [9.17, 15) is 0 Å². The molecule has 0 saturated carbocycles. The van der Waals surface area contributed by atoms with Crippen LogP contribution in [0.5, 0.6) is 46.0 Å². The molecule has 2 heterocycles. The summed E-state index contributed by atoms with van der Waals surface area (Å²) in [4.78, 5) is 9.32. The SMILES string of the molecule is CCCCCCCCCCCCOc1cc(COc2ccc(-c3[c-]c(-c4ccc(OCc5cc(OCCCCCCCCCCCC)c(OCCCCCCCCCCCC)c(OCCCCCCCCCCCC)c5)cn4)c(F)cc3F)nc2)cc(OCCCCCCCCCCCC)c1OCCCCCCCCCCCC.[Cl][Pt+]. The zero-order valence-electron chi connectivity index (χ0n) is 74.5. The van der Waals surface area contributed by atoms with Gasteiger partial charge >= 0.3 is 28.2 Å². The van der Waals surface area contributed by atoms with Crippen LogP contribution in [0.1, 0.15) is 438 Å². The molecule has 5 aromatic rings. The first-order valence-electron chi connectivity index (χ1n) is 48.1. The summed E-state index contributed by atoms with van der Waals surface area (Å²) >= 11 is 1.61. The first kappa shape index (κ1) is 104. The van der Waals surface area contributed by atoms with Crippen LogP contribution in [0.3, 0.4) is 0 Å². The Morgan fingerprint density at radius 1 is 0.259 bits per heavy atom. The molecule has 0 spiro atoms. The molecule has 0 saturated heterocycles. The van der Waals surface area contributed by atoms with Crippen molar-refractivity contribution in [2.24, 2.45) is 0 Å². The van der Waals surface area contributed by atoms with Crippen molar-refractivity contribution >= 4 is 9.42 Å². The van der Waals surface area contributed by atoms with Crippen LogP contribution in [0.15, 0.2) is 67.0 Å². The van der Waals surface area contributed by atoms with Crippen LogP contribution in [0.25, 0.3) is 22.5 Å². The average molecular weight is 1820 g/mol. The molecule has 0 unspecified atom stereocenters. The molecule has 2 aromatic heterocycles. The number of aromatic nitrogens is 2. The first-order valence-corrected chi connectivity index (χ1v) is 51.0. The Kier molecular flexibility index (Phi) is 66.1. The van der Waals surface area contributed by atoms with E-state index in [1.165, 1.54) is 308 Å². The molecule has 0 N–H and O–H groups in total. The molecule has 662 valence electrons. The van der Waals surface area contributed by atoms with E-state index in [1.54, 1.807) is 55.4 Å². The van der Waals surface area contributed by atoms with Crippen LogP contribution >= 0.6 is 9.42 Å². The van der Waals surface area contributed by atoms with Crippen LogP contribution in [0, 0.1) is 17.7 Å². The number of nitrogens with zero attached hydrogens (tertiary/aromatic N) is 2. The normalized spacial score (nSPS) is 11.3. The summed E-state index contributed by atoms with van der Waals surface area (Å²) in [5.74, 6) is 3.52. The molecule has 3 aromatic carbocycles. The summed E-state index contributed by atoms with van der Waals surface area (Å²) in [5, 5.41) is 0. The zero-order chi connectivity index (χ0) is 82.9. The van der Waals surface area contributed by atoms with Crippen LogP contribution in [-0.4, -0.2) is 49.6 Å². The summed E-state index contributed by atoms with van der Waals surface area (Å²) in [5.41, 5.74) is 2.37. The van der Waals surface area contributed by atoms with Gasteiger partial charge in [-0.3, -0.25) is 18.7 Å². The van der Waals surface area contributed by atoms with Crippen molar-refractivity contribution in [1.29, 1.82) is 0 Å². The van der Waals surface area contributed by atoms with Gasteiger partial charge in [0.2, 0.25) is 11.5 Å². The van der Waals surface area contributed by atoms with Crippen molar-refractivity contribution in [1.82, 2.24) is 9.97 Å². The number of hydrogen-bond acceptors (Lipinski definition) is 10. The van der Waals surface area contributed by atoms with Gasteiger partial charge in [-0.1, -0.05) is 418 Å². The molecular weight excluding hydrogens is 1650 g/mol. The first-order chi connectivity index (χ1) is 57.3. The molecule has 5 rings (SSSR count). The van der Waals surface area contributed by atoms with Gasteiger partial charge in [-0.15, -0.1) is 6.07 Å². The molecular formula is C102H165ClF2N2O8Pt. The maximum absolute atomic E-state index is 16.0. The fraction of sp³-hybridized carbons (Fsp3) is 0.725. The van der Waals surface area contributed by atoms with Gasteiger partial charge in [0.1, 0.15) is 24.7 Å². The molecule has 0 aliphatic carbocycles. The fourth-order valence-corrected chi connectivity index (χ4v) is 15.2. The number of hydrogen-bond donors (Lipinski definition) is 0. The summed E-state index contributed by atoms with van der Waals surface area (Å²) < 4.78 is 85.1. The summed E-state index contributed by atoms with van der Waals surface area (Å²) in [6, 6.07) is 19.0. The Bertz CT molecular complexity index is 2780. The van der Waals surface area contributed by atoms with E-state index in [0.29, 0.717) is 85.6 Å². The van der Waals surface area contributed by atoms with E-state index in [0.717, 1.165) is 94.2 Å². The van der Waals surface area contributed by atoms with Crippen molar-refractivity contribution in [2.75, 3.05) is 39.6 Å². The topological polar surface area (TPSA) is 99.6 Å². The summed E-state index contributed by atoms with van der Waals surface area (Å²) in [6.07, 6.45) is 78.3. The second-order valence-electron chi connectivity index (χ2n) is 33.1. The molecule has 0 fully saturated rings. The van der Waals surface area contributed by atoms with Crippen molar-refractivity contribution in [3.63, 3.8) is 0 Å². The van der Waals surface area contributed by atoms with E-state index >= 15 is 8.78 Å². The minimum absolute atomic E-state index is 0.0233. The Morgan fingerprint density at radius 2 is 0.457 bits per heavy atom. The van der Waals surface area contributed by atoms with Gasteiger partial charge in [0.25, 0.3) is 0 Å². The van der Waals surface area contributed by atoms with Crippen molar-refractivity contribution < 1.29 is 65.4 Å². The van der Waals surface area contributed by atoms with Gasteiger partial charge in [-0.25, -0.2) is 0 Å². The summed E-state index contributed by atoms with van der Waals surface area (Å²) in [7, 11) is 4.61. The monoisotopic (exact) mass is 1810 g/mol. The van der Waals surface area contributed by atoms with E-state index in [2.05, 4.69) is 67.0 Å². The third-order valence-corrected chi connectivity index (χ3v) is 22.4. The van der Waals surface area contributed by atoms with Gasteiger partial charge in [-0.05, 0) is 86.1 Å². The third kappa shape index (κ3) is 50.4. The second-order valence-corrected chi connectivity index (χ2v) is 33.1. The molecule has 0 radical (unpaired) electrons. The van der Waals surface area contributed by atoms with E-state index in [4.69, 9.17) is 37.9 Å². The van der Waals surface area contributed by atoms with Crippen LogP contribution in [0.4, 0.5) is 8.78 Å².